The molecule has 0 bridgehead atoms. The molecule has 0 aliphatic heterocycles. The first-order chi connectivity index (χ1) is 16.2. The van der Waals surface area contributed by atoms with Crippen LogP contribution in [-0.2, 0) is 16.0 Å². The summed E-state index contributed by atoms with van der Waals surface area (Å²) in [6.45, 7) is 6.02. The predicted octanol–water partition coefficient (Wildman–Crippen LogP) is -1.25. The molecule has 0 saturated heterocycles. The SMILES string of the molecule is C1c2c(-c3nn[nH]n3)n[nH]c2[C@@H]2C[C@H]12.CC.CCOC(=O)c1nn[nH]n1.O=C1CC[C@H]2C[C@@H]12.[H-].[Na+]. The molecule has 0 spiro atoms. The number of ether oxygens (including phenoxy) is 1. The van der Waals surface area contributed by atoms with Crippen LogP contribution in [0.2, 0.25) is 0 Å². The molecule has 4 aliphatic rings. The van der Waals surface area contributed by atoms with E-state index in [-0.39, 0.29) is 36.8 Å². The molecule has 13 nitrogen and oxygen atoms in total. The molecule has 0 amide bonds. The van der Waals surface area contributed by atoms with Gasteiger partial charge in [0.05, 0.1) is 6.61 Å². The molecule has 34 heavy (non-hydrogen) atoms. The fraction of sp³-hybridized carbons (Fsp3) is 0.650. The summed E-state index contributed by atoms with van der Waals surface area (Å²) >= 11 is 0. The molecule has 4 atom stereocenters. The van der Waals surface area contributed by atoms with Crippen LogP contribution < -0.4 is 29.6 Å². The summed E-state index contributed by atoms with van der Waals surface area (Å²) in [6.07, 6.45) is 5.75. The topological polar surface area (TPSA) is 181 Å². The van der Waals surface area contributed by atoms with Gasteiger partial charge in [0.15, 0.2) is 0 Å². The molecular formula is C20H29N10NaO3. The maximum atomic E-state index is 10.7. The van der Waals surface area contributed by atoms with Gasteiger partial charge in [-0.2, -0.15) is 15.5 Å². The molecule has 3 fully saturated rings. The average molecular weight is 481 g/mol. The minimum Gasteiger partial charge on any atom is -1.00 e. The van der Waals surface area contributed by atoms with Gasteiger partial charge in [-0.3, -0.25) is 9.89 Å². The van der Waals surface area contributed by atoms with Crippen molar-refractivity contribution in [2.45, 2.75) is 58.8 Å². The number of nitrogens with one attached hydrogen (secondary N) is 3. The Morgan fingerprint density at radius 1 is 1.06 bits per heavy atom. The zero-order valence-electron chi connectivity index (χ0n) is 20.9. The summed E-state index contributed by atoms with van der Waals surface area (Å²) in [5.41, 5.74) is 3.48. The van der Waals surface area contributed by atoms with E-state index in [9.17, 15) is 9.59 Å². The molecule has 3 N–H and O–H groups in total. The number of fused-ring (bicyclic) bond motifs is 4. The monoisotopic (exact) mass is 480 g/mol. The van der Waals surface area contributed by atoms with Crippen molar-refractivity contribution in [3.8, 4) is 11.5 Å². The second-order valence-electron chi connectivity index (χ2n) is 8.07. The second-order valence-corrected chi connectivity index (χ2v) is 8.07. The number of aromatic nitrogens is 10. The van der Waals surface area contributed by atoms with Crippen LogP contribution in [0.4, 0.5) is 0 Å². The summed E-state index contributed by atoms with van der Waals surface area (Å²) in [5, 5.41) is 33.4. The van der Waals surface area contributed by atoms with Crippen LogP contribution in [0.25, 0.3) is 11.5 Å². The van der Waals surface area contributed by atoms with E-state index in [2.05, 4.69) is 56.2 Å². The maximum Gasteiger partial charge on any atom is 1.00 e. The van der Waals surface area contributed by atoms with E-state index in [0.717, 1.165) is 36.3 Å². The van der Waals surface area contributed by atoms with Gasteiger partial charge in [0.1, 0.15) is 11.5 Å². The summed E-state index contributed by atoms with van der Waals surface area (Å²) in [5.74, 6) is 3.50. The number of carbonyl (C=O) groups excluding carboxylic acids is 2. The van der Waals surface area contributed by atoms with Crippen molar-refractivity contribution in [1.82, 2.24) is 51.4 Å². The van der Waals surface area contributed by atoms with E-state index in [1.807, 2.05) is 13.8 Å². The smallest absolute Gasteiger partial charge is 1.00 e. The van der Waals surface area contributed by atoms with Gasteiger partial charge in [0.25, 0.3) is 5.82 Å². The number of carbonyl (C=O) groups is 2. The van der Waals surface area contributed by atoms with Gasteiger partial charge in [-0.1, -0.05) is 13.8 Å². The van der Waals surface area contributed by atoms with Crippen LogP contribution in [0.1, 0.15) is 75.7 Å². The van der Waals surface area contributed by atoms with Crippen LogP contribution >= 0.6 is 0 Å². The van der Waals surface area contributed by atoms with Crippen LogP contribution in [0.5, 0.6) is 0 Å². The maximum absolute atomic E-state index is 10.7. The minimum atomic E-state index is -0.559. The van der Waals surface area contributed by atoms with E-state index >= 15 is 0 Å². The van der Waals surface area contributed by atoms with Gasteiger partial charge in [-0.15, -0.1) is 20.4 Å². The van der Waals surface area contributed by atoms with Crippen molar-refractivity contribution in [3.63, 3.8) is 0 Å². The van der Waals surface area contributed by atoms with E-state index in [0.29, 0.717) is 24.1 Å². The van der Waals surface area contributed by atoms with Gasteiger partial charge < -0.3 is 6.16 Å². The van der Waals surface area contributed by atoms with Crippen molar-refractivity contribution in [2.75, 3.05) is 6.61 Å². The Kier molecular flexibility index (Phi) is 9.03. The summed E-state index contributed by atoms with van der Waals surface area (Å²) in [4.78, 5) is 21.3. The molecule has 4 aliphatic carbocycles. The molecule has 3 aromatic heterocycles. The van der Waals surface area contributed by atoms with Crippen LogP contribution in [0, 0.1) is 17.8 Å². The molecule has 3 heterocycles. The van der Waals surface area contributed by atoms with Crippen LogP contribution in [-0.4, -0.2) is 69.8 Å². The standard InChI is InChI=1S/C8H8N6.C6H8O.C4H6N4O2.C2H6.Na.H/c1-3-2-5-6(4(1)3)9-10-7(5)8-11-13-14-12-8;7-6-2-1-4-3-5(4)6;1-2-10-4(9)3-5-7-8-6-3;1-2;;/h3-4H,1-2H2,(H,9,10)(H,11,12,13,14);4-5H,1-3H2;2H2,1H3,(H,5,6,7,8);1-2H3;;/q;;;;+1;-1/t3-,4-;4-,5+;;;;/m10..../s1. The first kappa shape index (κ1) is 26.1. The van der Waals surface area contributed by atoms with E-state index < -0.39 is 5.97 Å². The largest absolute Gasteiger partial charge is 1.00 e. The number of rotatable bonds is 3. The normalized spacial score (nSPS) is 23.8. The third-order valence-corrected chi connectivity index (χ3v) is 6.12. The zero-order valence-corrected chi connectivity index (χ0v) is 21.9. The zero-order chi connectivity index (χ0) is 23.4. The molecular weight excluding hydrogens is 451 g/mol. The number of tetrazole rings is 2. The number of aromatic amines is 3. The first-order valence-corrected chi connectivity index (χ1v) is 11.4. The summed E-state index contributed by atoms with van der Waals surface area (Å²) < 4.78 is 4.56. The van der Waals surface area contributed by atoms with Crippen molar-refractivity contribution >= 4 is 11.8 Å². The van der Waals surface area contributed by atoms with Crippen molar-refractivity contribution < 1.29 is 45.3 Å². The Labute approximate surface area is 219 Å². The van der Waals surface area contributed by atoms with Crippen molar-refractivity contribution in [3.05, 3.63) is 17.1 Å². The van der Waals surface area contributed by atoms with Crippen LogP contribution in [0.3, 0.4) is 0 Å². The number of H-pyrrole nitrogens is 3. The summed E-state index contributed by atoms with van der Waals surface area (Å²) in [7, 11) is 0. The fourth-order valence-corrected chi connectivity index (χ4v) is 4.35. The quantitative estimate of drug-likeness (QED) is 0.303. The number of esters is 1. The Balaban J connectivity index is 0.000000183. The first-order valence-electron chi connectivity index (χ1n) is 11.4. The Morgan fingerprint density at radius 2 is 1.79 bits per heavy atom. The molecule has 0 radical (unpaired) electrons. The molecule has 3 saturated carbocycles. The number of ketones is 1. The predicted molar refractivity (Wildman–Crippen MR) is 115 cm³/mol. The molecule has 3 aromatic rings. The molecule has 0 unspecified atom stereocenters. The molecule has 14 heteroatoms. The second kappa shape index (κ2) is 11.8. The molecule has 178 valence electrons. The number of Topliss-reactive ketones (excluding diaryl/α,β-unsaturated/α-hetero) is 1. The van der Waals surface area contributed by atoms with Crippen molar-refractivity contribution in [2.24, 2.45) is 17.8 Å². The molecule has 0 aromatic carbocycles. The Morgan fingerprint density at radius 3 is 2.32 bits per heavy atom. The van der Waals surface area contributed by atoms with E-state index in [4.69, 9.17) is 0 Å². The van der Waals surface area contributed by atoms with Crippen molar-refractivity contribution in [1.29, 1.82) is 0 Å². The summed E-state index contributed by atoms with van der Waals surface area (Å²) in [6, 6.07) is 0. The number of hydrogen-bond acceptors (Lipinski definition) is 10. The Hall–Kier alpha value is -2.51. The fourth-order valence-electron chi connectivity index (χ4n) is 4.35. The van der Waals surface area contributed by atoms with Gasteiger partial charge in [-0.25, -0.2) is 4.79 Å². The third kappa shape index (κ3) is 5.76. The molecule has 7 rings (SSSR count). The van der Waals surface area contributed by atoms with Gasteiger partial charge in [0, 0.05) is 29.5 Å². The van der Waals surface area contributed by atoms with E-state index in [1.165, 1.54) is 30.5 Å². The van der Waals surface area contributed by atoms with Gasteiger partial charge in [-0.05, 0) is 54.9 Å². The third-order valence-electron chi connectivity index (χ3n) is 6.12. The number of hydrogen-bond donors (Lipinski definition) is 3. The minimum absolute atomic E-state index is 0. The van der Waals surface area contributed by atoms with Gasteiger partial charge in [0.2, 0.25) is 5.82 Å². The average Bonchev–Trinajstić information content (AvgIpc) is 3.33. The van der Waals surface area contributed by atoms with E-state index in [1.54, 1.807) is 6.92 Å². The number of nitrogens with zero attached hydrogens (tertiary/aromatic N) is 7. The Bertz CT molecular complexity index is 1080. The van der Waals surface area contributed by atoms with Gasteiger partial charge >= 0.3 is 35.5 Å². The van der Waals surface area contributed by atoms with Crippen LogP contribution in [0.15, 0.2) is 0 Å².